The molecule has 0 aromatic rings. The summed E-state index contributed by atoms with van der Waals surface area (Å²) in [6.07, 6.45) is 6.38. The van der Waals surface area contributed by atoms with Crippen LogP contribution in [0.5, 0.6) is 0 Å². The first-order valence-electron chi connectivity index (χ1n) is 7.05. The maximum Gasteiger partial charge on any atom is 0.323 e. The summed E-state index contributed by atoms with van der Waals surface area (Å²) in [7, 11) is -3.77. The number of sulfonamides is 1. The molecule has 0 aliphatic heterocycles. The molecular weight excluding hydrogens is 266 g/mol. The van der Waals surface area contributed by atoms with Gasteiger partial charge in [0.1, 0.15) is 0 Å². The summed E-state index contributed by atoms with van der Waals surface area (Å²) < 4.78 is 27.1. The highest BCUT2D eigenvalue weighted by molar-refractivity contribution is 7.90. The average Bonchev–Trinajstić information content (AvgIpc) is 2.24. The summed E-state index contributed by atoms with van der Waals surface area (Å²) in [4.78, 5) is 10.9. The first kappa shape index (κ1) is 13.4. The number of hydrogen-bond donors (Lipinski definition) is 2. The maximum absolute atomic E-state index is 12.2. The molecule has 4 bridgehead atoms. The Balaban J connectivity index is 1.81. The zero-order valence-corrected chi connectivity index (χ0v) is 11.9. The molecule has 108 valence electrons. The lowest BCUT2D eigenvalue weighted by Gasteiger charge is -2.56. The number of aliphatic carboxylic acids is 1. The molecule has 19 heavy (non-hydrogen) atoms. The predicted octanol–water partition coefficient (Wildman–Crippen LogP) is 1.35. The standard InChI is InChI=1S/C13H21NO4S/c1-8(12(15)16)19(17,18)14-13-5-9-2-10(6-13)4-11(3-9)7-13/h8-11,14H,2-7H2,1H3,(H,15,16). The molecular formula is C13H21NO4S. The molecule has 1 unspecified atom stereocenters. The van der Waals surface area contributed by atoms with Crippen molar-refractivity contribution in [1.82, 2.24) is 4.72 Å². The van der Waals surface area contributed by atoms with Crippen molar-refractivity contribution in [3.63, 3.8) is 0 Å². The Bertz CT molecular complexity index is 463. The molecule has 0 saturated heterocycles. The highest BCUT2D eigenvalue weighted by Gasteiger charge is 2.53. The van der Waals surface area contributed by atoms with Crippen LogP contribution in [0.1, 0.15) is 45.4 Å². The molecule has 0 amide bonds. The lowest BCUT2D eigenvalue weighted by molar-refractivity contribution is -0.136. The average molecular weight is 287 g/mol. The molecule has 5 nitrogen and oxygen atoms in total. The monoisotopic (exact) mass is 287 g/mol. The van der Waals surface area contributed by atoms with Crippen LogP contribution < -0.4 is 4.72 Å². The molecule has 4 saturated carbocycles. The first-order chi connectivity index (χ1) is 8.80. The van der Waals surface area contributed by atoms with Gasteiger partial charge in [-0.15, -0.1) is 0 Å². The van der Waals surface area contributed by atoms with Crippen LogP contribution in [0.25, 0.3) is 0 Å². The van der Waals surface area contributed by atoms with Crippen LogP contribution in [0.3, 0.4) is 0 Å². The number of nitrogens with one attached hydrogen (secondary N) is 1. The second-order valence-electron chi connectivity index (χ2n) is 6.83. The van der Waals surface area contributed by atoms with Gasteiger partial charge in [-0.25, -0.2) is 13.1 Å². The van der Waals surface area contributed by atoms with Crippen LogP contribution in [-0.4, -0.2) is 30.3 Å². The quantitative estimate of drug-likeness (QED) is 0.817. The lowest BCUT2D eigenvalue weighted by Crippen LogP contribution is -2.61. The van der Waals surface area contributed by atoms with Gasteiger partial charge < -0.3 is 5.11 Å². The van der Waals surface area contributed by atoms with Crippen molar-refractivity contribution in [2.24, 2.45) is 17.8 Å². The zero-order valence-electron chi connectivity index (χ0n) is 11.1. The van der Waals surface area contributed by atoms with Crippen LogP contribution in [0.2, 0.25) is 0 Å². The molecule has 4 fully saturated rings. The van der Waals surface area contributed by atoms with Crippen molar-refractivity contribution in [1.29, 1.82) is 0 Å². The minimum atomic E-state index is -3.77. The Morgan fingerprint density at radius 3 is 1.95 bits per heavy atom. The van der Waals surface area contributed by atoms with E-state index >= 15 is 0 Å². The molecule has 1 atom stereocenters. The fraction of sp³-hybridized carbons (Fsp3) is 0.923. The van der Waals surface area contributed by atoms with Crippen molar-refractivity contribution >= 4 is 16.0 Å². The molecule has 4 rings (SSSR count). The van der Waals surface area contributed by atoms with Gasteiger partial charge in [0.2, 0.25) is 10.0 Å². The van der Waals surface area contributed by atoms with Crippen LogP contribution in [0.15, 0.2) is 0 Å². The Kier molecular flexibility index (Phi) is 2.94. The summed E-state index contributed by atoms with van der Waals surface area (Å²) in [6, 6.07) is 0. The minimum Gasteiger partial charge on any atom is -0.480 e. The largest absolute Gasteiger partial charge is 0.480 e. The lowest BCUT2D eigenvalue weighted by atomic mass is 9.53. The van der Waals surface area contributed by atoms with Gasteiger partial charge in [0.05, 0.1) is 0 Å². The van der Waals surface area contributed by atoms with Crippen molar-refractivity contribution in [3.8, 4) is 0 Å². The van der Waals surface area contributed by atoms with Gasteiger partial charge in [-0.3, -0.25) is 4.79 Å². The van der Waals surface area contributed by atoms with Gasteiger partial charge in [0.15, 0.2) is 5.25 Å². The Hall–Kier alpha value is -0.620. The second kappa shape index (κ2) is 4.19. The SMILES string of the molecule is CC(C(=O)O)S(=O)(=O)NC12CC3CC(CC(C3)C1)C2. The molecule has 4 aliphatic rings. The summed E-state index contributed by atoms with van der Waals surface area (Å²) in [5.74, 6) is 0.620. The zero-order chi connectivity index (χ0) is 13.8. The van der Waals surface area contributed by atoms with E-state index in [2.05, 4.69) is 4.72 Å². The van der Waals surface area contributed by atoms with Crippen LogP contribution >= 0.6 is 0 Å². The normalized spacial score (nSPS) is 42.3. The van der Waals surface area contributed by atoms with Gasteiger partial charge >= 0.3 is 5.97 Å². The van der Waals surface area contributed by atoms with Crippen LogP contribution in [0, 0.1) is 17.8 Å². The predicted molar refractivity (Wildman–Crippen MR) is 70.1 cm³/mol. The number of hydrogen-bond acceptors (Lipinski definition) is 3. The summed E-state index contributed by atoms with van der Waals surface area (Å²) in [5, 5.41) is 7.54. The number of carboxylic acids is 1. The summed E-state index contributed by atoms with van der Waals surface area (Å²) in [5.41, 5.74) is -0.350. The molecule has 0 radical (unpaired) electrons. The Morgan fingerprint density at radius 1 is 1.16 bits per heavy atom. The van der Waals surface area contributed by atoms with Crippen molar-refractivity contribution in [2.45, 2.75) is 56.2 Å². The van der Waals surface area contributed by atoms with Crippen LogP contribution in [-0.2, 0) is 14.8 Å². The number of carbonyl (C=O) groups is 1. The fourth-order valence-corrected chi connectivity index (χ4v) is 6.05. The van der Waals surface area contributed by atoms with E-state index < -0.39 is 21.2 Å². The van der Waals surface area contributed by atoms with Gasteiger partial charge in [0, 0.05) is 5.54 Å². The molecule has 0 spiro atoms. The van der Waals surface area contributed by atoms with E-state index in [9.17, 15) is 13.2 Å². The van der Waals surface area contributed by atoms with Crippen LogP contribution in [0.4, 0.5) is 0 Å². The minimum absolute atomic E-state index is 0.350. The van der Waals surface area contributed by atoms with E-state index in [4.69, 9.17) is 5.11 Å². The van der Waals surface area contributed by atoms with Crippen molar-refractivity contribution < 1.29 is 18.3 Å². The highest BCUT2D eigenvalue weighted by Crippen LogP contribution is 2.55. The van der Waals surface area contributed by atoms with Crippen molar-refractivity contribution in [2.75, 3.05) is 0 Å². The third-order valence-electron chi connectivity index (χ3n) is 5.21. The molecule has 4 aliphatic carbocycles. The molecule has 0 aromatic carbocycles. The topological polar surface area (TPSA) is 83.5 Å². The molecule has 6 heteroatoms. The number of rotatable bonds is 4. The highest BCUT2D eigenvalue weighted by atomic mass is 32.2. The number of carboxylic acid groups (broad SMARTS) is 1. The van der Waals surface area contributed by atoms with E-state index in [0.717, 1.165) is 19.3 Å². The third kappa shape index (κ3) is 2.29. The van der Waals surface area contributed by atoms with Gasteiger partial charge in [0.25, 0.3) is 0 Å². The molecule has 0 heterocycles. The third-order valence-corrected chi connectivity index (χ3v) is 7.06. The van der Waals surface area contributed by atoms with E-state index in [-0.39, 0.29) is 5.54 Å². The van der Waals surface area contributed by atoms with E-state index in [0.29, 0.717) is 17.8 Å². The van der Waals surface area contributed by atoms with E-state index in [1.54, 1.807) is 0 Å². The first-order valence-corrected chi connectivity index (χ1v) is 8.60. The maximum atomic E-state index is 12.2. The Labute approximate surface area is 113 Å². The van der Waals surface area contributed by atoms with Gasteiger partial charge in [-0.2, -0.15) is 0 Å². The fourth-order valence-electron chi connectivity index (χ4n) is 4.76. The summed E-state index contributed by atoms with van der Waals surface area (Å²) in [6.45, 7) is 1.24. The van der Waals surface area contributed by atoms with Gasteiger partial charge in [-0.1, -0.05) is 0 Å². The van der Waals surface area contributed by atoms with E-state index in [1.165, 1.54) is 26.2 Å². The smallest absolute Gasteiger partial charge is 0.323 e. The van der Waals surface area contributed by atoms with Gasteiger partial charge in [-0.05, 0) is 63.2 Å². The Morgan fingerprint density at radius 2 is 1.58 bits per heavy atom. The van der Waals surface area contributed by atoms with Crippen molar-refractivity contribution in [3.05, 3.63) is 0 Å². The summed E-state index contributed by atoms with van der Waals surface area (Å²) >= 11 is 0. The second-order valence-corrected chi connectivity index (χ2v) is 8.83. The molecule has 0 aromatic heterocycles. The van der Waals surface area contributed by atoms with E-state index in [1.807, 2.05) is 0 Å². The molecule has 2 N–H and O–H groups in total.